The van der Waals surface area contributed by atoms with E-state index in [9.17, 15) is 28.2 Å². The molecule has 7 N–H and O–H groups in total. The van der Waals surface area contributed by atoms with Gasteiger partial charge >= 0.3 is 0 Å². The van der Waals surface area contributed by atoms with E-state index in [4.69, 9.17) is 4.55 Å². The molecule has 0 saturated carbocycles. The van der Waals surface area contributed by atoms with Crippen molar-refractivity contribution in [2.45, 2.75) is 154 Å². The van der Waals surface area contributed by atoms with Crippen LogP contribution < -0.4 is 21.7 Å². The fourth-order valence-electron chi connectivity index (χ4n) is 3.79. The Hall–Kier alpha value is -1.23. The Labute approximate surface area is 233 Å². The number of aliphatic carboxylic acids is 2. The predicted octanol–water partition coefficient (Wildman–Crippen LogP) is 2.43. The molecule has 0 aliphatic rings. The number of rotatable bonds is 24. The van der Waals surface area contributed by atoms with Gasteiger partial charge in [-0.15, -0.1) is 0 Å². The second-order valence-electron chi connectivity index (χ2n) is 9.97. The summed E-state index contributed by atoms with van der Waals surface area (Å²) < 4.78 is 28.5. The number of carbonyl (C=O) groups is 2. The molecule has 0 aliphatic carbocycles. The smallest absolute Gasteiger partial charge is 0.273 e. The Morgan fingerprint density at radius 2 is 0.868 bits per heavy atom. The number of carboxylic acids is 2. The van der Waals surface area contributed by atoms with Crippen molar-refractivity contribution in [1.29, 1.82) is 0 Å². The zero-order valence-electron chi connectivity index (χ0n) is 24.6. The fourth-order valence-corrected chi connectivity index (χ4v) is 4.38. The van der Waals surface area contributed by atoms with Crippen LogP contribution in [-0.2, 0) is 19.7 Å². The molecule has 38 heavy (non-hydrogen) atoms. The number of hydrogen-bond acceptors (Lipinski definition) is 6. The Morgan fingerprint density at radius 1 is 0.605 bits per heavy atom. The first-order valence-electron chi connectivity index (χ1n) is 15.0. The molecule has 0 aromatic heterocycles. The molecule has 0 fully saturated rings. The molecule has 0 spiro atoms. The van der Waals surface area contributed by atoms with Crippen molar-refractivity contribution in [2.75, 3.05) is 13.1 Å². The predicted molar refractivity (Wildman–Crippen MR) is 149 cm³/mol. The molecule has 1 atom stereocenters. The summed E-state index contributed by atoms with van der Waals surface area (Å²) in [5.74, 6) is -4.08. The van der Waals surface area contributed by atoms with Gasteiger partial charge in [0.25, 0.3) is 10.1 Å². The Balaban J connectivity index is -0.000000484. The van der Waals surface area contributed by atoms with Crippen LogP contribution in [0.15, 0.2) is 0 Å². The normalized spacial score (nSPS) is 11.6. The molecule has 0 bridgehead atoms. The van der Waals surface area contributed by atoms with E-state index in [1.165, 1.54) is 128 Å². The van der Waals surface area contributed by atoms with Gasteiger partial charge in [-0.1, -0.05) is 117 Å². The van der Waals surface area contributed by atoms with Gasteiger partial charge in [-0.05, 0) is 25.7 Å². The summed E-state index contributed by atoms with van der Waals surface area (Å²) in [5.41, 5.74) is 7.71. The molecule has 10 heteroatoms. The van der Waals surface area contributed by atoms with E-state index in [1.54, 1.807) is 0 Å². The molecule has 230 valence electrons. The first-order valence-corrected chi connectivity index (χ1v) is 16.5. The van der Waals surface area contributed by atoms with Gasteiger partial charge in [0.05, 0.1) is 19.1 Å². The molecule has 9 nitrogen and oxygen atoms in total. The third-order valence-corrected chi connectivity index (χ3v) is 7.26. The molecular weight excluding hydrogens is 508 g/mol. The molecule has 0 radical (unpaired) electrons. The van der Waals surface area contributed by atoms with Crippen molar-refractivity contribution < 1.29 is 44.2 Å². The minimum absolute atomic E-state index is 1.12. The van der Waals surface area contributed by atoms with E-state index >= 15 is 0 Å². The van der Waals surface area contributed by atoms with E-state index in [1.807, 2.05) is 0 Å². The summed E-state index contributed by atoms with van der Waals surface area (Å²) in [7, 11) is -4.94. The quantitative estimate of drug-likeness (QED) is 0.118. The molecule has 0 rings (SSSR count). The fraction of sp³-hybridized carbons (Fsp3) is 0.929. The lowest BCUT2D eigenvalue weighted by Gasteiger charge is -2.14. The van der Waals surface area contributed by atoms with E-state index in [0.717, 1.165) is 13.1 Å². The third-order valence-electron chi connectivity index (χ3n) is 6.18. The monoisotopic (exact) mass is 568 g/mol. The Bertz CT molecular complexity index is 574. The van der Waals surface area contributed by atoms with E-state index in [0.29, 0.717) is 0 Å². The third kappa shape index (κ3) is 36.9. The zero-order chi connectivity index (χ0) is 29.5. The van der Waals surface area contributed by atoms with Crippen LogP contribution in [0.25, 0.3) is 0 Å². The highest BCUT2D eigenvalue weighted by molar-refractivity contribution is 7.87. The van der Waals surface area contributed by atoms with Gasteiger partial charge in [0.15, 0.2) is 0 Å². The maximum Gasteiger partial charge on any atom is 0.273 e. The van der Waals surface area contributed by atoms with Gasteiger partial charge in [0.2, 0.25) is 0 Å². The van der Waals surface area contributed by atoms with Crippen LogP contribution in [0.4, 0.5) is 0 Å². The number of carbonyl (C=O) groups excluding carboxylic acids is 2. The maximum absolute atomic E-state index is 10.2. The van der Waals surface area contributed by atoms with Gasteiger partial charge < -0.3 is 31.3 Å². The van der Waals surface area contributed by atoms with Gasteiger partial charge in [0, 0.05) is 12.4 Å². The maximum atomic E-state index is 10.2. The molecule has 0 heterocycles. The molecule has 0 aliphatic heterocycles. The molecule has 0 aromatic carbocycles. The van der Waals surface area contributed by atoms with Crippen LogP contribution >= 0.6 is 0 Å². The largest absolute Gasteiger partial charge is 0.550 e. The highest BCUT2D eigenvalue weighted by Crippen LogP contribution is 2.11. The zero-order valence-corrected chi connectivity index (χ0v) is 25.4. The SMILES string of the molecule is CCCCCCCCCCCC[NH3+].CCCCCCCCCCCC[NH3+].O=C([O-])CC(C(=O)[O-])S(=O)(=O)O. The summed E-state index contributed by atoms with van der Waals surface area (Å²) in [6.45, 7) is 6.80. The molecule has 0 saturated heterocycles. The van der Waals surface area contributed by atoms with Crippen molar-refractivity contribution in [3.8, 4) is 0 Å². The Morgan fingerprint density at radius 3 is 1.03 bits per heavy atom. The lowest BCUT2D eigenvalue weighted by atomic mass is 10.1. The summed E-state index contributed by atoms with van der Waals surface area (Å²) in [5, 5.41) is 17.3. The lowest BCUT2D eigenvalue weighted by Crippen LogP contribution is -2.50. The summed E-state index contributed by atoms with van der Waals surface area (Å²) in [4.78, 5) is 19.7. The topological polar surface area (TPSA) is 190 Å². The highest BCUT2D eigenvalue weighted by Gasteiger charge is 2.24. The average molecular weight is 569 g/mol. The molecule has 0 aromatic rings. The van der Waals surface area contributed by atoms with Crippen molar-refractivity contribution in [2.24, 2.45) is 0 Å². The molecule has 1 unspecified atom stereocenters. The highest BCUT2D eigenvalue weighted by atomic mass is 32.2. The molecular formula is C28H60N2O7S. The van der Waals surface area contributed by atoms with Crippen LogP contribution in [0.2, 0.25) is 0 Å². The summed E-state index contributed by atoms with van der Waals surface area (Å²) in [6.07, 6.45) is 27.2. The van der Waals surface area contributed by atoms with E-state index in [2.05, 4.69) is 25.3 Å². The minimum Gasteiger partial charge on any atom is -0.550 e. The lowest BCUT2D eigenvalue weighted by molar-refractivity contribution is -0.368. The van der Waals surface area contributed by atoms with Crippen LogP contribution in [0.5, 0.6) is 0 Å². The minimum atomic E-state index is -4.94. The van der Waals surface area contributed by atoms with E-state index < -0.39 is 33.7 Å². The second kappa shape index (κ2) is 32.0. The van der Waals surface area contributed by atoms with Gasteiger partial charge in [-0.2, -0.15) is 8.42 Å². The van der Waals surface area contributed by atoms with Gasteiger partial charge in [0.1, 0.15) is 5.25 Å². The first-order chi connectivity index (χ1) is 18.1. The van der Waals surface area contributed by atoms with E-state index in [-0.39, 0.29) is 0 Å². The van der Waals surface area contributed by atoms with Crippen molar-refractivity contribution in [3.63, 3.8) is 0 Å². The summed E-state index contributed by atoms with van der Waals surface area (Å²) >= 11 is 0. The van der Waals surface area contributed by atoms with Crippen LogP contribution in [0, 0.1) is 0 Å². The number of carboxylic acid groups (broad SMARTS) is 2. The first kappa shape index (κ1) is 41.3. The van der Waals surface area contributed by atoms with Crippen molar-refractivity contribution in [3.05, 3.63) is 0 Å². The molecule has 0 amide bonds. The van der Waals surface area contributed by atoms with Crippen molar-refractivity contribution in [1.82, 2.24) is 0 Å². The van der Waals surface area contributed by atoms with Crippen LogP contribution in [0.1, 0.15) is 149 Å². The number of unbranched alkanes of at least 4 members (excludes halogenated alkanes) is 18. The standard InChI is InChI=1S/2C12H27N.C4H6O7S/c2*1-2-3-4-5-6-7-8-9-10-11-12-13;5-3(6)1-2(4(7)8)12(9,10)11/h2*2-13H2,1H3;2H,1H2,(H,5,6)(H,7,8)(H,9,10,11). The second-order valence-corrected chi connectivity index (χ2v) is 11.6. The number of hydrogen-bond donors (Lipinski definition) is 3. The number of quaternary nitrogens is 2. The Kier molecular flexibility index (Phi) is 34.7. The van der Waals surface area contributed by atoms with Crippen LogP contribution in [0.3, 0.4) is 0 Å². The van der Waals surface area contributed by atoms with Gasteiger partial charge in [-0.25, -0.2) is 0 Å². The summed E-state index contributed by atoms with van der Waals surface area (Å²) in [6, 6.07) is 0. The average Bonchev–Trinajstić information content (AvgIpc) is 2.85. The van der Waals surface area contributed by atoms with Crippen LogP contribution in [-0.4, -0.2) is 43.2 Å². The van der Waals surface area contributed by atoms with Gasteiger partial charge in [-0.3, -0.25) is 4.55 Å². The van der Waals surface area contributed by atoms with Crippen molar-refractivity contribution >= 4 is 22.1 Å².